The number of para-hydroxylation sites is 1. The van der Waals surface area contributed by atoms with Gasteiger partial charge in [0.1, 0.15) is 4.21 Å². The molecule has 0 aliphatic carbocycles. The van der Waals surface area contributed by atoms with Gasteiger partial charge in [0, 0.05) is 12.6 Å². The number of hydrogen-bond donors (Lipinski definition) is 0. The van der Waals surface area contributed by atoms with Gasteiger partial charge in [-0.25, -0.2) is 8.42 Å². The lowest BCUT2D eigenvalue weighted by Gasteiger charge is -2.18. The van der Waals surface area contributed by atoms with Crippen LogP contribution in [0.3, 0.4) is 0 Å². The maximum Gasteiger partial charge on any atom is 0.273 e. The van der Waals surface area contributed by atoms with Crippen LogP contribution in [0.15, 0.2) is 51.2 Å². The van der Waals surface area contributed by atoms with Crippen LogP contribution in [0, 0.1) is 6.92 Å². The van der Waals surface area contributed by atoms with E-state index in [0.29, 0.717) is 16.5 Å². The molecule has 23 heavy (non-hydrogen) atoms. The Morgan fingerprint density at radius 3 is 2.83 bits per heavy atom. The Bertz CT molecular complexity index is 973. The Morgan fingerprint density at radius 1 is 1.22 bits per heavy atom. The fourth-order valence-corrected chi connectivity index (χ4v) is 5.61. The van der Waals surface area contributed by atoms with Crippen LogP contribution in [-0.2, 0) is 16.4 Å². The van der Waals surface area contributed by atoms with Crippen LogP contribution >= 0.6 is 11.3 Å². The zero-order valence-electron chi connectivity index (χ0n) is 12.4. The molecule has 0 unspecified atom stereocenters. The number of aromatic nitrogens is 1. The summed E-state index contributed by atoms with van der Waals surface area (Å²) in [5, 5.41) is 3.84. The molecule has 4 rings (SSSR count). The highest BCUT2D eigenvalue weighted by Gasteiger charge is 2.31. The monoisotopic (exact) mass is 346 g/mol. The second-order valence-electron chi connectivity index (χ2n) is 5.41. The minimum atomic E-state index is -3.54. The molecule has 3 aromatic rings. The molecule has 0 atom stereocenters. The van der Waals surface area contributed by atoms with E-state index in [1.807, 2.05) is 31.2 Å². The number of rotatable bonds is 3. The molecule has 118 valence electrons. The van der Waals surface area contributed by atoms with Gasteiger partial charge in [-0.1, -0.05) is 23.4 Å². The minimum absolute atomic E-state index is 0.318. The molecule has 0 saturated heterocycles. The molecular formula is C16H14N2O3S2. The summed E-state index contributed by atoms with van der Waals surface area (Å²) < 4.78 is 32.9. The van der Waals surface area contributed by atoms with E-state index in [-0.39, 0.29) is 0 Å². The third-order valence-electron chi connectivity index (χ3n) is 3.84. The zero-order chi connectivity index (χ0) is 16.0. The van der Waals surface area contributed by atoms with Gasteiger partial charge >= 0.3 is 0 Å². The van der Waals surface area contributed by atoms with Gasteiger partial charge < -0.3 is 4.52 Å². The lowest BCUT2D eigenvalue weighted by Crippen LogP contribution is -2.28. The summed E-state index contributed by atoms with van der Waals surface area (Å²) in [7, 11) is -3.54. The van der Waals surface area contributed by atoms with E-state index in [1.54, 1.807) is 18.2 Å². The van der Waals surface area contributed by atoms with Crippen molar-refractivity contribution in [3.8, 4) is 10.6 Å². The van der Waals surface area contributed by atoms with E-state index in [1.165, 1.54) is 15.6 Å². The standard InChI is InChI=1S/C16H14N2O3S2/c1-11-10-14(21-17-11)15-6-7-16(22-15)23(19,20)18-9-8-12-4-2-3-5-13(12)18/h2-7,10H,8-9H2,1H3. The minimum Gasteiger partial charge on any atom is -0.355 e. The number of nitrogens with zero attached hydrogens (tertiary/aromatic N) is 2. The quantitative estimate of drug-likeness (QED) is 0.728. The molecule has 0 bridgehead atoms. The molecular weight excluding hydrogens is 332 g/mol. The molecule has 0 N–H and O–H groups in total. The molecule has 0 radical (unpaired) electrons. The molecule has 5 nitrogen and oxygen atoms in total. The summed E-state index contributed by atoms with van der Waals surface area (Å²) in [6.45, 7) is 2.32. The molecule has 1 aromatic carbocycles. The van der Waals surface area contributed by atoms with Crippen molar-refractivity contribution in [2.24, 2.45) is 0 Å². The third kappa shape index (κ3) is 2.36. The van der Waals surface area contributed by atoms with Crippen LogP contribution in [-0.4, -0.2) is 20.1 Å². The maximum absolute atomic E-state index is 12.9. The zero-order valence-corrected chi connectivity index (χ0v) is 14.0. The highest BCUT2D eigenvalue weighted by molar-refractivity contribution is 7.94. The van der Waals surface area contributed by atoms with Gasteiger partial charge in [0.15, 0.2) is 5.76 Å². The fraction of sp³-hybridized carbons (Fsp3) is 0.188. The Balaban J connectivity index is 1.72. The predicted octanol–water partition coefficient (Wildman–Crippen LogP) is 3.46. The topological polar surface area (TPSA) is 63.4 Å². The Morgan fingerprint density at radius 2 is 2.04 bits per heavy atom. The van der Waals surface area contributed by atoms with E-state index in [9.17, 15) is 8.42 Å². The van der Waals surface area contributed by atoms with Crippen molar-refractivity contribution in [2.45, 2.75) is 17.6 Å². The Hall–Kier alpha value is -2.12. The summed E-state index contributed by atoms with van der Waals surface area (Å²) in [5.74, 6) is 0.593. The first-order valence-electron chi connectivity index (χ1n) is 7.20. The largest absolute Gasteiger partial charge is 0.355 e. The summed E-state index contributed by atoms with van der Waals surface area (Å²) in [4.78, 5) is 0.761. The van der Waals surface area contributed by atoms with Gasteiger partial charge in [-0.15, -0.1) is 11.3 Å². The summed E-state index contributed by atoms with van der Waals surface area (Å²) in [6.07, 6.45) is 0.745. The van der Waals surface area contributed by atoms with E-state index in [2.05, 4.69) is 5.16 Å². The van der Waals surface area contributed by atoms with Crippen LogP contribution in [0.25, 0.3) is 10.6 Å². The van der Waals surface area contributed by atoms with E-state index >= 15 is 0 Å². The van der Waals surface area contributed by atoms with Crippen molar-refractivity contribution < 1.29 is 12.9 Å². The van der Waals surface area contributed by atoms with Crippen molar-refractivity contribution in [3.63, 3.8) is 0 Å². The van der Waals surface area contributed by atoms with Crippen LogP contribution in [0.2, 0.25) is 0 Å². The number of fused-ring (bicyclic) bond motifs is 1. The second-order valence-corrected chi connectivity index (χ2v) is 8.58. The normalized spacial score (nSPS) is 14.2. The highest BCUT2D eigenvalue weighted by Crippen LogP contribution is 2.37. The lowest BCUT2D eigenvalue weighted by atomic mass is 10.2. The highest BCUT2D eigenvalue weighted by atomic mass is 32.2. The second kappa shape index (κ2) is 5.21. The van der Waals surface area contributed by atoms with Gasteiger partial charge in [-0.3, -0.25) is 4.31 Å². The number of aryl methyl sites for hydroxylation is 1. The number of hydrogen-bond acceptors (Lipinski definition) is 5. The number of sulfonamides is 1. The van der Waals surface area contributed by atoms with Gasteiger partial charge in [0.2, 0.25) is 0 Å². The molecule has 7 heteroatoms. The van der Waals surface area contributed by atoms with Crippen LogP contribution in [0.4, 0.5) is 5.69 Å². The van der Waals surface area contributed by atoms with Crippen molar-refractivity contribution >= 4 is 27.0 Å². The average molecular weight is 346 g/mol. The van der Waals surface area contributed by atoms with Gasteiger partial charge in [0.05, 0.1) is 16.3 Å². The van der Waals surface area contributed by atoms with Crippen molar-refractivity contribution in [2.75, 3.05) is 10.8 Å². The predicted molar refractivity (Wildman–Crippen MR) is 89.2 cm³/mol. The number of anilines is 1. The lowest BCUT2D eigenvalue weighted by molar-refractivity contribution is 0.428. The fourth-order valence-electron chi connectivity index (χ4n) is 2.74. The first-order valence-corrected chi connectivity index (χ1v) is 9.45. The summed E-state index contributed by atoms with van der Waals surface area (Å²) in [5.41, 5.74) is 2.61. The molecule has 2 aromatic heterocycles. The van der Waals surface area contributed by atoms with E-state index < -0.39 is 10.0 Å². The number of thiophene rings is 1. The number of benzene rings is 1. The molecule has 3 heterocycles. The van der Waals surface area contributed by atoms with Crippen molar-refractivity contribution in [1.29, 1.82) is 0 Å². The molecule has 1 aliphatic heterocycles. The molecule has 0 amide bonds. The van der Waals surface area contributed by atoms with Crippen molar-refractivity contribution in [1.82, 2.24) is 5.16 Å². The van der Waals surface area contributed by atoms with E-state index in [0.717, 1.165) is 28.2 Å². The van der Waals surface area contributed by atoms with Gasteiger partial charge in [0.25, 0.3) is 10.0 Å². The third-order valence-corrected chi connectivity index (χ3v) is 7.22. The van der Waals surface area contributed by atoms with Crippen LogP contribution in [0.1, 0.15) is 11.3 Å². The van der Waals surface area contributed by atoms with Crippen molar-refractivity contribution in [3.05, 3.63) is 53.7 Å². The SMILES string of the molecule is Cc1cc(-c2ccc(S(=O)(=O)N3CCc4ccccc43)s2)on1. The average Bonchev–Trinajstić information content (AvgIpc) is 3.25. The molecule has 0 saturated carbocycles. The van der Waals surface area contributed by atoms with Gasteiger partial charge in [-0.05, 0) is 37.1 Å². The summed E-state index contributed by atoms with van der Waals surface area (Å²) in [6, 6.07) is 12.8. The summed E-state index contributed by atoms with van der Waals surface area (Å²) >= 11 is 1.20. The Kier molecular flexibility index (Phi) is 3.28. The molecule has 1 aliphatic rings. The van der Waals surface area contributed by atoms with E-state index in [4.69, 9.17) is 4.52 Å². The van der Waals surface area contributed by atoms with Crippen LogP contribution in [0.5, 0.6) is 0 Å². The van der Waals surface area contributed by atoms with Gasteiger partial charge in [-0.2, -0.15) is 0 Å². The first-order chi connectivity index (χ1) is 11.1. The maximum atomic E-state index is 12.9. The molecule has 0 spiro atoms. The first kappa shape index (κ1) is 14.5. The smallest absolute Gasteiger partial charge is 0.273 e. The van der Waals surface area contributed by atoms with Crippen LogP contribution < -0.4 is 4.31 Å². The molecule has 0 fully saturated rings. The Labute approximate surface area is 138 Å².